The third-order valence-electron chi connectivity index (χ3n) is 6.00. The molecule has 0 spiro atoms. The van der Waals surface area contributed by atoms with Crippen molar-refractivity contribution in [1.82, 2.24) is 0 Å². The van der Waals surface area contributed by atoms with Crippen molar-refractivity contribution in [1.29, 1.82) is 0 Å². The van der Waals surface area contributed by atoms with E-state index in [9.17, 15) is 4.79 Å². The number of carbonyl (C=O) groups is 1. The van der Waals surface area contributed by atoms with Crippen molar-refractivity contribution in [3.05, 3.63) is 84.1 Å². The Bertz CT molecular complexity index is 1390. The molecule has 0 amide bonds. The van der Waals surface area contributed by atoms with E-state index in [1.54, 1.807) is 6.92 Å². The van der Waals surface area contributed by atoms with E-state index in [-0.39, 0.29) is 43.4 Å². The van der Waals surface area contributed by atoms with Crippen molar-refractivity contribution in [3.8, 4) is 17.2 Å². The van der Waals surface area contributed by atoms with E-state index in [1.807, 2.05) is 72.9 Å². The number of rotatable bonds is 8. The van der Waals surface area contributed by atoms with Gasteiger partial charge in [-0.15, -0.1) is 0 Å². The molecule has 0 atom stereocenters. The van der Waals surface area contributed by atoms with Gasteiger partial charge in [-0.3, -0.25) is 0 Å². The van der Waals surface area contributed by atoms with Gasteiger partial charge in [0.15, 0.2) is 23.7 Å². The van der Waals surface area contributed by atoms with Crippen molar-refractivity contribution >= 4 is 28.2 Å². The van der Waals surface area contributed by atoms with Crippen LogP contribution in [0.15, 0.2) is 72.9 Å². The monoisotopic (exact) mass is 612 g/mol. The minimum Gasteiger partial charge on any atom is -1.00 e. The zero-order valence-electron chi connectivity index (χ0n) is 21.0. The van der Waals surface area contributed by atoms with Gasteiger partial charge in [-0.25, -0.2) is 4.79 Å². The average Bonchev–Trinajstić information content (AvgIpc) is 3.35. The third-order valence-corrected chi connectivity index (χ3v) is 6.00. The summed E-state index contributed by atoms with van der Waals surface area (Å²) < 4.78 is 24.6. The molecule has 1 N–H and O–H groups in total. The van der Waals surface area contributed by atoms with E-state index in [4.69, 9.17) is 18.9 Å². The number of nitrogens with zero attached hydrogens (tertiary/aromatic N) is 1. The summed E-state index contributed by atoms with van der Waals surface area (Å²) in [5.41, 5.74) is 3.94. The second kappa shape index (κ2) is 11.7. The van der Waals surface area contributed by atoms with Gasteiger partial charge in [-0.05, 0) is 50.6 Å². The quantitative estimate of drug-likeness (QED) is 0.188. The molecule has 5 rings (SSSR count). The molecule has 0 bridgehead atoms. The number of benzene rings is 3. The van der Waals surface area contributed by atoms with Crippen LogP contribution < -0.4 is 48.1 Å². The van der Waals surface area contributed by atoms with Crippen LogP contribution in [0.5, 0.6) is 17.2 Å². The summed E-state index contributed by atoms with van der Waals surface area (Å²) in [6.07, 6.45) is 1.84. The first-order valence-corrected chi connectivity index (χ1v) is 12.1. The summed E-state index contributed by atoms with van der Waals surface area (Å²) in [5, 5.41) is 4.28. The molecule has 0 radical (unpaired) electrons. The number of hydrogen-bond acceptors (Lipinski definition) is 6. The number of esters is 1. The number of pyridine rings is 1. The molecule has 0 saturated heterocycles. The SMILES string of the molecule is CCOC(=O)c1c[n+](C(C)C)c2cc3c(cc2c1Nc1ccc(OCc2ccccc2)cc1)OCO3.[I-]. The molecule has 192 valence electrons. The van der Waals surface area contributed by atoms with E-state index in [1.165, 1.54) is 0 Å². The van der Waals surface area contributed by atoms with Crippen LogP contribution in [0.1, 0.15) is 42.7 Å². The molecule has 0 unspecified atom stereocenters. The van der Waals surface area contributed by atoms with Crippen LogP contribution >= 0.6 is 0 Å². The molecule has 4 aromatic rings. The summed E-state index contributed by atoms with van der Waals surface area (Å²) in [6, 6.07) is 21.7. The third kappa shape index (κ3) is 5.74. The first-order chi connectivity index (χ1) is 17.5. The number of carbonyl (C=O) groups excluding carboxylic acids is 1. The standard InChI is InChI=1S/C29H28N2O5.HI/c1-4-33-29(32)24-16-31(19(2)3)25-15-27-26(35-18-36-27)14-23(25)28(24)30-21-10-12-22(13-11-21)34-17-20-8-6-5-7-9-20;/h5-16,19H,4,17-18H2,1-3H3;1H. The Kier molecular flexibility index (Phi) is 8.38. The largest absolute Gasteiger partial charge is 1.00 e. The molecule has 0 aliphatic carbocycles. The number of aromatic nitrogens is 1. The Morgan fingerprint density at radius 1 is 1.03 bits per heavy atom. The number of nitrogens with one attached hydrogen (secondary N) is 1. The number of halogens is 1. The lowest BCUT2D eigenvalue weighted by Crippen LogP contribution is -3.00. The average molecular weight is 612 g/mol. The van der Waals surface area contributed by atoms with Gasteiger partial charge in [-0.2, -0.15) is 4.57 Å². The van der Waals surface area contributed by atoms with E-state index in [0.717, 1.165) is 27.9 Å². The molecule has 37 heavy (non-hydrogen) atoms. The maximum absolute atomic E-state index is 13.0. The van der Waals surface area contributed by atoms with E-state index < -0.39 is 5.97 Å². The Morgan fingerprint density at radius 2 is 1.73 bits per heavy atom. The molecule has 2 heterocycles. The summed E-state index contributed by atoms with van der Waals surface area (Å²) in [4.78, 5) is 13.0. The molecule has 1 aliphatic heterocycles. The topological polar surface area (TPSA) is 69.9 Å². The molecular formula is C29H29IN2O5. The minimum absolute atomic E-state index is 0. The first kappa shape index (κ1) is 26.5. The molecule has 7 nitrogen and oxygen atoms in total. The molecule has 1 aromatic heterocycles. The predicted molar refractivity (Wildman–Crippen MR) is 137 cm³/mol. The van der Waals surface area contributed by atoms with E-state index in [0.29, 0.717) is 29.4 Å². The lowest BCUT2D eigenvalue weighted by Gasteiger charge is -2.16. The highest BCUT2D eigenvalue weighted by Gasteiger charge is 2.28. The van der Waals surface area contributed by atoms with Gasteiger partial charge in [0.2, 0.25) is 12.3 Å². The normalized spacial score (nSPS) is 11.8. The van der Waals surface area contributed by atoms with Crippen LogP contribution in [-0.4, -0.2) is 19.4 Å². The maximum Gasteiger partial charge on any atom is 0.346 e. The van der Waals surface area contributed by atoms with Crippen molar-refractivity contribution in [2.45, 2.75) is 33.4 Å². The van der Waals surface area contributed by atoms with Crippen molar-refractivity contribution in [2.24, 2.45) is 0 Å². The minimum atomic E-state index is -0.392. The summed E-state index contributed by atoms with van der Waals surface area (Å²) >= 11 is 0. The van der Waals surface area contributed by atoms with Gasteiger partial charge < -0.3 is 48.2 Å². The summed E-state index contributed by atoms with van der Waals surface area (Å²) in [7, 11) is 0. The smallest absolute Gasteiger partial charge is 0.346 e. The highest BCUT2D eigenvalue weighted by atomic mass is 127. The lowest BCUT2D eigenvalue weighted by molar-refractivity contribution is -0.691. The van der Waals surface area contributed by atoms with Crippen LogP contribution in [0.4, 0.5) is 11.4 Å². The van der Waals surface area contributed by atoms with Gasteiger partial charge in [0, 0.05) is 11.8 Å². The molecule has 8 heteroatoms. The van der Waals surface area contributed by atoms with Crippen LogP contribution in [0.2, 0.25) is 0 Å². The zero-order chi connectivity index (χ0) is 25.1. The first-order valence-electron chi connectivity index (χ1n) is 12.1. The number of anilines is 2. The number of hydrogen-bond donors (Lipinski definition) is 1. The maximum atomic E-state index is 13.0. The van der Waals surface area contributed by atoms with Crippen molar-refractivity contribution in [3.63, 3.8) is 0 Å². The summed E-state index contributed by atoms with van der Waals surface area (Å²) in [6.45, 7) is 6.89. The predicted octanol–water partition coefficient (Wildman–Crippen LogP) is 2.94. The Morgan fingerprint density at radius 3 is 2.41 bits per heavy atom. The number of ether oxygens (including phenoxy) is 4. The highest BCUT2D eigenvalue weighted by Crippen LogP contribution is 2.39. The Hall–Kier alpha value is -3.53. The van der Waals surface area contributed by atoms with Crippen LogP contribution in [0.3, 0.4) is 0 Å². The van der Waals surface area contributed by atoms with Gasteiger partial charge in [0.1, 0.15) is 17.9 Å². The summed E-state index contributed by atoms with van der Waals surface area (Å²) in [5.74, 6) is 1.70. The van der Waals surface area contributed by atoms with Crippen LogP contribution in [0.25, 0.3) is 10.9 Å². The fraction of sp³-hybridized carbons (Fsp3) is 0.241. The van der Waals surface area contributed by atoms with Crippen LogP contribution in [0, 0.1) is 0 Å². The van der Waals surface area contributed by atoms with Crippen LogP contribution in [-0.2, 0) is 11.3 Å². The van der Waals surface area contributed by atoms with Gasteiger partial charge in [-0.1, -0.05) is 30.3 Å². The fourth-order valence-electron chi connectivity index (χ4n) is 4.21. The van der Waals surface area contributed by atoms with E-state index in [2.05, 4.69) is 23.7 Å². The van der Waals surface area contributed by atoms with Crippen molar-refractivity contribution < 1.29 is 52.3 Å². The lowest BCUT2D eigenvalue weighted by atomic mass is 10.1. The molecular weight excluding hydrogens is 583 g/mol. The molecule has 3 aromatic carbocycles. The fourth-order valence-corrected chi connectivity index (χ4v) is 4.21. The Balaban J connectivity index is 0.00000320. The molecule has 1 aliphatic rings. The zero-order valence-corrected chi connectivity index (χ0v) is 23.2. The molecule has 0 fully saturated rings. The highest BCUT2D eigenvalue weighted by molar-refractivity contribution is 6.05. The number of fused-ring (bicyclic) bond motifs is 2. The van der Waals surface area contributed by atoms with Gasteiger partial charge in [0.25, 0.3) is 0 Å². The second-order valence-corrected chi connectivity index (χ2v) is 8.79. The van der Waals surface area contributed by atoms with E-state index >= 15 is 0 Å². The Labute approximate surface area is 233 Å². The van der Waals surface area contributed by atoms with Gasteiger partial charge >= 0.3 is 5.97 Å². The van der Waals surface area contributed by atoms with Crippen molar-refractivity contribution in [2.75, 3.05) is 18.7 Å². The molecule has 0 saturated carbocycles. The van der Waals surface area contributed by atoms with Gasteiger partial charge in [0.05, 0.1) is 23.7 Å². The second-order valence-electron chi connectivity index (χ2n) is 8.79.